The Labute approximate surface area is 81.1 Å². The van der Waals surface area contributed by atoms with Crippen molar-refractivity contribution in [1.29, 1.82) is 0 Å². The summed E-state index contributed by atoms with van der Waals surface area (Å²) in [5, 5.41) is 17.8. The van der Waals surface area contributed by atoms with E-state index in [-0.39, 0.29) is 19.6 Å². The molecule has 0 aromatic carbocycles. The maximum absolute atomic E-state index is 11.0. The number of aliphatic carboxylic acids is 1. The zero-order valence-corrected chi connectivity index (χ0v) is 7.89. The molecule has 6 nitrogen and oxygen atoms in total. The van der Waals surface area contributed by atoms with Crippen molar-refractivity contribution in [3.8, 4) is 0 Å². The van der Waals surface area contributed by atoms with E-state index in [1.54, 1.807) is 6.92 Å². The van der Waals surface area contributed by atoms with Crippen LogP contribution >= 0.6 is 0 Å². The number of likely N-dealkylation sites (tertiary alicyclic amines) is 1. The van der Waals surface area contributed by atoms with Gasteiger partial charge in [0.25, 0.3) is 0 Å². The van der Waals surface area contributed by atoms with Gasteiger partial charge >= 0.3 is 12.1 Å². The zero-order valence-electron chi connectivity index (χ0n) is 7.89. The van der Waals surface area contributed by atoms with Gasteiger partial charge < -0.3 is 14.9 Å². The average Bonchev–Trinajstić information content (AvgIpc) is 2.50. The van der Waals surface area contributed by atoms with Gasteiger partial charge in [-0.25, -0.2) is 9.59 Å². The van der Waals surface area contributed by atoms with Gasteiger partial charge in [0, 0.05) is 19.6 Å². The third-order valence-corrected chi connectivity index (χ3v) is 2.28. The van der Waals surface area contributed by atoms with Crippen LogP contribution in [0.1, 0.15) is 19.8 Å². The molecule has 1 rings (SSSR count). The largest absolute Gasteiger partial charge is 0.478 e. The van der Waals surface area contributed by atoms with Crippen molar-refractivity contribution in [1.82, 2.24) is 4.90 Å². The Morgan fingerprint density at radius 1 is 1.50 bits per heavy atom. The molecule has 14 heavy (non-hydrogen) atoms. The van der Waals surface area contributed by atoms with Crippen molar-refractivity contribution in [2.24, 2.45) is 0 Å². The third-order valence-electron chi connectivity index (χ3n) is 2.28. The summed E-state index contributed by atoms with van der Waals surface area (Å²) in [5.41, 5.74) is -1.67. The Kier molecular flexibility index (Phi) is 2.95. The summed E-state index contributed by atoms with van der Waals surface area (Å²) in [6.45, 7) is 2.03. The lowest BCUT2D eigenvalue weighted by molar-refractivity contribution is -0.184. The van der Waals surface area contributed by atoms with Crippen LogP contribution in [-0.4, -0.2) is 46.1 Å². The minimum absolute atomic E-state index is 0.177. The molecule has 1 aliphatic rings. The molecule has 6 heteroatoms. The van der Waals surface area contributed by atoms with Crippen LogP contribution in [0, 0.1) is 0 Å². The molecule has 1 aliphatic heterocycles. The number of carbonyl (C=O) groups is 2. The molecule has 2 N–H and O–H groups in total. The molecule has 0 saturated carbocycles. The number of rotatable bonds is 3. The zero-order chi connectivity index (χ0) is 10.8. The molecule has 0 spiro atoms. The fourth-order valence-corrected chi connectivity index (χ4v) is 1.72. The second kappa shape index (κ2) is 3.83. The molecular weight excluding hydrogens is 190 g/mol. The second-order valence-corrected chi connectivity index (χ2v) is 3.06. The highest BCUT2D eigenvalue weighted by molar-refractivity contribution is 5.83. The van der Waals surface area contributed by atoms with Crippen LogP contribution in [0.3, 0.4) is 0 Å². The maximum Gasteiger partial charge on any atom is 0.410 e. The van der Waals surface area contributed by atoms with Crippen molar-refractivity contribution in [2.75, 3.05) is 13.2 Å². The highest BCUT2D eigenvalue weighted by Crippen LogP contribution is 2.30. The van der Waals surface area contributed by atoms with Gasteiger partial charge in [0.05, 0.1) is 0 Å². The first-order valence-electron chi connectivity index (χ1n) is 4.42. The van der Waals surface area contributed by atoms with Crippen LogP contribution < -0.4 is 0 Å². The van der Waals surface area contributed by atoms with Crippen molar-refractivity contribution in [3.05, 3.63) is 0 Å². The summed E-state index contributed by atoms with van der Waals surface area (Å²) in [5.74, 6) is -1.24. The van der Waals surface area contributed by atoms with Crippen LogP contribution in [-0.2, 0) is 9.53 Å². The molecule has 1 saturated heterocycles. The van der Waals surface area contributed by atoms with Gasteiger partial charge in [-0.15, -0.1) is 0 Å². The first-order chi connectivity index (χ1) is 6.54. The van der Waals surface area contributed by atoms with E-state index in [9.17, 15) is 9.59 Å². The van der Waals surface area contributed by atoms with E-state index >= 15 is 0 Å². The lowest BCUT2D eigenvalue weighted by atomic mass is 10.1. The number of amides is 1. The Morgan fingerprint density at radius 2 is 2.14 bits per heavy atom. The fraction of sp³-hybridized carbons (Fsp3) is 0.750. The Balaban J connectivity index is 2.95. The minimum Gasteiger partial charge on any atom is -0.478 e. The number of carboxylic acid groups (broad SMARTS) is 2. The second-order valence-electron chi connectivity index (χ2n) is 3.06. The van der Waals surface area contributed by atoms with E-state index in [1.165, 1.54) is 0 Å². The van der Waals surface area contributed by atoms with Crippen LogP contribution in [0.4, 0.5) is 4.79 Å². The smallest absolute Gasteiger partial charge is 0.410 e. The van der Waals surface area contributed by atoms with E-state index in [0.29, 0.717) is 6.42 Å². The summed E-state index contributed by atoms with van der Waals surface area (Å²) in [4.78, 5) is 22.6. The Bertz CT molecular complexity index is 254. The molecule has 1 amide bonds. The van der Waals surface area contributed by atoms with E-state index in [0.717, 1.165) is 4.90 Å². The van der Waals surface area contributed by atoms with Gasteiger partial charge in [0.2, 0.25) is 5.72 Å². The standard InChI is InChI=1S/C8H13NO5/c1-2-14-8(6(10)11)4-3-5-9(8)7(12)13/h2-5H2,1H3,(H,10,11)(H,12,13)/t8-/m1/s1. The van der Waals surface area contributed by atoms with Gasteiger partial charge in [0.1, 0.15) is 0 Å². The number of hydrogen-bond acceptors (Lipinski definition) is 3. The van der Waals surface area contributed by atoms with E-state index < -0.39 is 17.8 Å². The normalized spacial score (nSPS) is 26.5. The van der Waals surface area contributed by atoms with Crippen LogP contribution in [0.15, 0.2) is 0 Å². The minimum atomic E-state index is -1.67. The third kappa shape index (κ3) is 1.52. The average molecular weight is 203 g/mol. The Morgan fingerprint density at radius 3 is 2.57 bits per heavy atom. The first kappa shape index (κ1) is 10.8. The van der Waals surface area contributed by atoms with E-state index in [1.807, 2.05) is 0 Å². The molecule has 0 radical (unpaired) electrons. The molecule has 0 aromatic rings. The summed E-state index contributed by atoms with van der Waals surface area (Å²) in [6, 6.07) is 0. The van der Waals surface area contributed by atoms with Crippen molar-refractivity contribution in [3.63, 3.8) is 0 Å². The number of carboxylic acids is 1. The molecule has 1 heterocycles. The number of nitrogens with zero attached hydrogens (tertiary/aromatic N) is 1. The topological polar surface area (TPSA) is 87.1 Å². The quantitative estimate of drug-likeness (QED) is 0.700. The van der Waals surface area contributed by atoms with Gasteiger partial charge in [-0.3, -0.25) is 4.90 Å². The predicted octanol–water partition coefficient (Wildman–Crippen LogP) is 0.578. The van der Waals surface area contributed by atoms with Crippen LogP contribution in [0.5, 0.6) is 0 Å². The van der Waals surface area contributed by atoms with Crippen LogP contribution in [0.2, 0.25) is 0 Å². The first-order valence-corrected chi connectivity index (χ1v) is 4.42. The molecule has 0 aromatic heterocycles. The van der Waals surface area contributed by atoms with Crippen LogP contribution in [0.25, 0.3) is 0 Å². The Hall–Kier alpha value is -1.30. The SMILES string of the molecule is CCO[C@@]1(C(=O)O)CCCN1C(=O)O. The highest BCUT2D eigenvalue weighted by Gasteiger charge is 2.51. The van der Waals surface area contributed by atoms with Crippen molar-refractivity contribution in [2.45, 2.75) is 25.5 Å². The highest BCUT2D eigenvalue weighted by atomic mass is 16.6. The molecule has 80 valence electrons. The van der Waals surface area contributed by atoms with E-state index in [4.69, 9.17) is 14.9 Å². The monoisotopic (exact) mass is 203 g/mol. The predicted molar refractivity (Wildman–Crippen MR) is 46.0 cm³/mol. The molecular formula is C8H13NO5. The fourth-order valence-electron chi connectivity index (χ4n) is 1.72. The lowest BCUT2D eigenvalue weighted by Crippen LogP contribution is -2.54. The molecule has 1 atom stereocenters. The van der Waals surface area contributed by atoms with Crippen molar-refractivity contribution >= 4 is 12.1 Å². The maximum atomic E-state index is 11.0. The van der Waals surface area contributed by atoms with E-state index in [2.05, 4.69) is 0 Å². The molecule has 0 aliphatic carbocycles. The van der Waals surface area contributed by atoms with Gasteiger partial charge in [0.15, 0.2) is 0 Å². The van der Waals surface area contributed by atoms with Gasteiger partial charge in [-0.1, -0.05) is 0 Å². The number of ether oxygens (including phenoxy) is 1. The summed E-state index contributed by atoms with van der Waals surface area (Å²) in [7, 11) is 0. The van der Waals surface area contributed by atoms with Gasteiger partial charge in [-0.05, 0) is 13.3 Å². The summed E-state index contributed by atoms with van der Waals surface area (Å²) < 4.78 is 5.07. The van der Waals surface area contributed by atoms with Crippen molar-refractivity contribution < 1.29 is 24.5 Å². The molecule has 1 fully saturated rings. The molecule has 0 unspecified atom stereocenters. The number of hydrogen-bond donors (Lipinski definition) is 2. The molecule has 0 bridgehead atoms. The summed E-state index contributed by atoms with van der Waals surface area (Å²) >= 11 is 0. The van der Waals surface area contributed by atoms with Gasteiger partial charge in [-0.2, -0.15) is 0 Å². The lowest BCUT2D eigenvalue weighted by Gasteiger charge is -2.31. The summed E-state index contributed by atoms with van der Waals surface area (Å²) in [6.07, 6.45) is -0.528.